The van der Waals surface area contributed by atoms with Gasteiger partial charge in [0.05, 0.1) is 29.8 Å². The minimum absolute atomic E-state index is 0.223. The summed E-state index contributed by atoms with van der Waals surface area (Å²) in [4.78, 5) is 0. The van der Waals surface area contributed by atoms with Crippen molar-refractivity contribution in [2.45, 2.75) is 5.92 Å². The number of nitrogens with zero attached hydrogens (tertiary/aromatic N) is 1. The maximum Gasteiger partial charge on any atom is 0.295 e. The number of rotatable bonds is 3. The highest BCUT2D eigenvalue weighted by Gasteiger charge is 2.34. The van der Waals surface area contributed by atoms with Gasteiger partial charge in [-0.1, -0.05) is 18.2 Å². The zero-order valence-corrected chi connectivity index (χ0v) is 15.7. The molecule has 0 radical (unpaired) electrons. The van der Waals surface area contributed by atoms with E-state index in [0.717, 1.165) is 15.6 Å². The van der Waals surface area contributed by atoms with E-state index >= 15 is 0 Å². The summed E-state index contributed by atoms with van der Waals surface area (Å²) in [5.74, 6) is 2.04. The number of furan rings is 1. The topological polar surface area (TPSA) is 64.6 Å². The molecule has 26 heavy (non-hydrogen) atoms. The summed E-state index contributed by atoms with van der Waals surface area (Å²) in [6, 6.07) is 13.8. The Kier molecular flexibility index (Phi) is 4.09. The minimum atomic E-state index is -0.223. The maximum atomic E-state index is 9.51. The van der Waals surface area contributed by atoms with Crippen molar-refractivity contribution >= 4 is 15.9 Å². The van der Waals surface area contributed by atoms with Gasteiger partial charge in [-0.05, 0) is 39.7 Å². The molecular formula is C20H14BrNO4. The fourth-order valence-corrected chi connectivity index (χ4v) is 3.93. The Balaban J connectivity index is 1.99. The normalized spacial score (nSPS) is 14.6. The molecule has 1 aromatic heterocycles. The molecule has 0 spiro atoms. The first-order valence-electron chi connectivity index (χ1n) is 7.87. The summed E-state index contributed by atoms with van der Waals surface area (Å²) in [5.41, 5.74) is 3.05. The number of para-hydroxylation sites is 1. The van der Waals surface area contributed by atoms with Gasteiger partial charge in [-0.25, -0.2) is 0 Å². The van der Waals surface area contributed by atoms with Crippen molar-refractivity contribution in [2.75, 3.05) is 14.2 Å². The zero-order chi connectivity index (χ0) is 18.3. The predicted octanol–water partition coefficient (Wildman–Crippen LogP) is 5.22. The number of fused-ring (bicyclic) bond motifs is 2. The average molecular weight is 412 g/mol. The molecule has 0 saturated carbocycles. The molecule has 2 heterocycles. The fraction of sp³-hybridized carbons (Fsp3) is 0.150. The van der Waals surface area contributed by atoms with Crippen LogP contribution in [0.3, 0.4) is 0 Å². The van der Waals surface area contributed by atoms with Gasteiger partial charge < -0.3 is 18.6 Å². The third-order valence-electron chi connectivity index (χ3n) is 4.42. The average Bonchev–Trinajstić information content (AvgIpc) is 3.07. The number of benzene rings is 2. The number of methoxy groups -OCH3 is 2. The highest BCUT2D eigenvalue weighted by Crippen LogP contribution is 2.51. The van der Waals surface area contributed by atoms with Crippen LogP contribution in [0.2, 0.25) is 0 Å². The Labute approximate surface area is 158 Å². The largest absolute Gasteiger partial charge is 0.493 e. The van der Waals surface area contributed by atoms with E-state index in [1.807, 2.05) is 36.4 Å². The number of nitriles is 1. The second-order valence-electron chi connectivity index (χ2n) is 5.77. The molecule has 2 aromatic carbocycles. The van der Waals surface area contributed by atoms with E-state index in [-0.39, 0.29) is 5.92 Å². The lowest BCUT2D eigenvalue weighted by Crippen LogP contribution is -2.11. The van der Waals surface area contributed by atoms with Gasteiger partial charge in [0.2, 0.25) is 0 Å². The van der Waals surface area contributed by atoms with Crippen LogP contribution in [0.5, 0.6) is 23.2 Å². The van der Waals surface area contributed by atoms with Crippen molar-refractivity contribution in [1.82, 2.24) is 0 Å². The molecule has 0 saturated heterocycles. The van der Waals surface area contributed by atoms with Crippen LogP contribution in [0.25, 0.3) is 0 Å². The van der Waals surface area contributed by atoms with Gasteiger partial charge in [0, 0.05) is 11.5 Å². The van der Waals surface area contributed by atoms with Crippen molar-refractivity contribution in [1.29, 1.82) is 5.26 Å². The quantitative estimate of drug-likeness (QED) is 0.462. The standard InChI is InChI=1S/C20H14BrNO4/c1-23-16-8-11(7-14(21)19(16)24-2)17-13-5-3-4-6-15(13)26-20-18(17)12(9-22)10-25-20/h3-8,10,17H,1-2H3. The molecule has 6 heteroatoms. The fourth-order valence-electron chi connectivity index (χ4n) is 3.31. The molecule has 130 valence electrons. The van der Waals surface area contributed by atoms with Crippen LogP contribution in [-0.2, 0) is 0 Å². The summed E-state index contributed by atoms with van der Waals surface area (Å²) in [6.45, 7) is 0. The van der Waals surface area contributed by atoms with E-state index in [4.69, 9.17) is 18.6 Å². The van der Waals surface area contributed by atoms with Gasteiger partial charge in [-0.15, -0.1) is 0 Å². The van der Waals surface area contributed by atoms with Crippen LogP contribution in [0, 0.1) is 11.3 Å². The van der Waals surface area contributed by atoms with E-state index in [0.29, 0.717) is 34.3 Å². The smallest absolute Gasteiger partial charge is 0.295 e. The Morgan fingerprint density at radius 1 is 1.15 bits per heavy atom. The summed E-state index contributed by atoms with van der Waals surface area (Å²) < 4.78 is 23.0. The lowest BCUT2D eigenvalue weighted by atomic mass is 9.82. The zero-order valence-electron chi connectivity index (χ0n) is 14.1. The first-order valence-corrected chi connectivity index (χ1v) is 8.67. The number of ether oxygens (including phenoxy) is 3. The highest BCUT2D eigenvalue weighted by atomic mass is 79.9. The maximum absolute atomic E-state index is 9.51. The molecule has 3 aromatic rings. The molecule has 0 fully saturated rings. The number of hydrogen-bond donors (Lipinski definition) is 0. The molecule has 0 amide bonds. The number of hydrogen-bond acceptors (Lipinski definition) is 5. The van der Waals surface area contributed by atoms with Crippen molar-refractivity contribution in [2.24, 2.45) is 0 Å². The van der Waals surface area contributed by atoms with Crippen molar-refractivity contribution in [3.63, 3.8) is 0 Å². The summed E-state index contributed by atoms with van der Waals surface area (Å²) in [6.07, 6.45) is 1.43. The minimum Gasteiger partial charge on any atom is -0.493 e. The van der Waals surface area contributed by atoms with Gasteiger partial charge in [0.25, 0.3) is 5.95 Å². The molecule has 1 aliphatic heterocycles. The first kappa shape index (κ1) is 16.6. The predicted molar refractivity (Wildman–Crippen MR) is 98.1 cm³/mol. The molecule has 0 aliphatic carbocycles. The van der Waals surface area contributed by atoms with Crippen molar-refractivity contribution in [3.8, 4) is 29.3 Å². The van der Waals surface area contributed by atoms with E-state index < -0.39 is 0 Å². The van der Waals surface area contributed by atoms with Crippen LogP contribution < -0.4 is 14.2 Å². The summed E-state index contributed by atoms with van der Waals surface area (Å²) in [5, 5.41) is 9.51. The molecule has 1 atom stereocenters. The van der Waals surface area contributed by atoms with E-state index in [1.54, 1.807) is 14.2 Å². The van der Waals surface area contributed by atoms with Gasteiger partial charge in [-0.3, -0.25) is 0 Å². The molecule has 1 aliphatic rings. The highest BCUT2D eigenvalue weighted by molar-refractivity contribution is 9.10. The summed E-state index contributed by atoms with van der Waals surface area (Å²) in [7, 11) is 3.18. The van der Waals surface area contributed by atoms with Crippen LogP contribution in [0.15, 0.2) is 51.6 Å². The van der Waals surface area contributed by atoms with Gasteiger partial charge in [0.1, 0.15) is 18.1 Å². The number of halogens is 1. The second-order valence-corrected chi connectivity index (χ2v) is 6.63. The van der Waals surface area contributed by atoms with Crippen molar-refractivity contribution < 1.29 is 18.6 Å². The molecule has 1 unspecified atom stereocenters. The Bertz CT molecular complexity index is 1030. The Morgan fingerprint density at radius 3 is 2.69 bits per heavy atom. The van der Waals surface area contributed by atoms with Crippen molar-refractivity contribution in [3.05, 3.63) is 69.4 Å². The van der Waals surface area contributed by atoms with Crippen LogP contribution in [0.4, 0.5) is 0 Å². The monoisotopic (exact) mass is 411 g/mol. The van der Waals surface area contributed by atoms with Crippen LogP contribution in [0.1, 0.15) is 28.2 Å². The molecular weight excluding hydrogens is 398 g/mol. The Hall–Kier alpha value is -2.91. The lowest BCUT2D eigenvalue weighted by molar-refractivity contribution is 0.329. The van der Waals surface area contributed by atoms with Gasteiger partial charge in [0.15, 0.2) is 11.5 Å². The Morgan fingerprint density at radius 2 is 1.96 bits per heavy atom. The van der Waals surface area contributed by atoms with Gasteiger partial charge in [-0.2, -0.15) is 5.26 Å². The lowest BCUT2D eigenvalue weighted by Gasteiger charge is -2.26. The molecule has 4 rings (SSSR count). The van der Waals surface area contributed by atoms with Gasteiger partial charge >= 0.3 is 0 Å². The SMILES string of the molecule is COc1cc(C2c3ccccc3Oc3occ(C#N)c32)cc(Br)c1OC. The molecule has 0 N–H and O–H groups in total. The van der Waals surface area contributed by atoms with E-state index in [9.17, 15) is 5.26 Å². The van der Waals surface area contributed by atoms with Crippen LogP contribution in [-0.4, -0.2) is 14.2 Å². The molecule has 5 nitrogen and oxygen atoms in total. The first-order chi connectivity index (χ1) is 12.7. The molecule has 0 bridgehead atoms. The third-order valence-corrected chi connectivity index (χ3v) is 5.01. The summed E-state index contributed by atoms with van der Waals surface area (Å²) >= 11 is 3.55. The van der Waals surface area contributed by atoms with E-state index in [1.165, 1.54) is 6.26 Å². The third kappa shape index (κ3) is 2.44. The van der Waals surface area contributed by atoms with Crippen LogP contribution >= 0.6 is 15.9 Å². The second kappa shape index (κ2) is 6.43. The van der Waals surface area contributed by atoms with E-state index in [2.05, 4.69) is 22.0 Å².